The van der Waals surface area contributed by atoms with Crippen molar-refractivity contribution < 1.29 is 4.79 Å². The molecule has 4 N–H and O–H groups in total. The summed E-state index contributed by atoms with van der Waals surface area (Å²) in [5.41, 5.74) is 7.88. The number of urea groups is 1. The van der Waals surface area contributed by atoms with Crippen LogP contribution in [0.5, 0.6) is 0 Å². The summed E-state index contributed by atoms with van der Waals surface area (Å²) >= 11 is 0. The highest BCUT2D eigenvalue weighted by Gasteiger charge is 2.11. The Morgan fingerprint density at radius 1 is 1.22 bits per heavy atom. The van der Waals surface area contributed by atoms with E-state index in [1.54, 1.807) is 0 Å². The lowest BCUT2D eigenvalue weighted by Gasteiger charge is -2.27. The first-order chi connectivity index (χ1) is 11.0. The molecule has 1 aliphatic rings. The van der Waals surface area contributed by atoms with Crippen LogP contribution in [0.2, 0.25) is 0 Å². The van der Waals surface area contributed by atoms with Crippen molar-refractivity contribution in [1.82, 2.24) is 10.2 Å². The van der Waals surface area contributed by atoms with Gasteiger partial charge in [-0.1, -0.05) is 12.1 Å². The molecule has 6 nitrogen and oxygen atoms in total. The van der Waals surface area contributed by atoms with Crippen LogP contribution in [0.15, 0.2) is 29.3 Å². The first-order valence-corrected chi connectivity index (χ1v) is 8.26. The van der Waals surface area contributed by atoms with Gasteiger partial charge in [0.2, 0.25) is 0 Å². The van der Waals surface area contributed by atoms with E-state index in [9.17, 15) is 4.79 Å². The van der Waals surface area contributed by atoms with E-state index < -0.39 is 0 Å². The van der Waals surface area contributed by atoms with Crippen molar-refractivity contribution in [1.29, 1.82) is 0 Å². The molecule has 1 aromatic rings. The summed E-state index contributed by atoms with van der Waals surface area (Å²) in [7, 11) is 0. The number of nitrogens with one attached hydrogen (secondary N) is 2. The number of guanidine groups is 1. The highest BCUT2D eigenvalue weighted by Crippen LogP contribution is 2.12. The Bertz CT molecular complexity index is 532. The summed E-state index contributed by atoms with van der Waals surface area (Å²) in [6, 6.07) is 7.58. The molecule has 0 aromatic heterocycles. The second-order valence-electron chi connectivity index (χ2n) is 6.17. The molecule has 1 heterocycles. The molecule has 1 saturated heterocycles. The summed E-state index contributed by atoms with van der Waals surface area (Å²) in [4.78, 5) is 18.2. The number of nitrogens with two attached hydrogens (primary N) is 1. The maximum Gasteiger partial charge on any atom is 0.319 e. The van der Waals surface area contributed by atoms with Crippen molar-refractivity contribution >= 4 is 17.7 Å². The number of likely N-dealkylation sites (tertiary alicyclic amines) is 1. The van der Waals surface area contributed by atoms with Crippen LogP contribution >= 0.6 is 0 Å². The van der Waals surface area contributed by atoms with E-state index in [0.29, 0.717) is 12.5 Å². The molecule has 23 heavy (non-hydrogen) atoms. The number of hydrogen-bond acceptors (Lipinski definition) is 2. The van der Waals surface area contributed by atoms with Crippen LogP contribution in [0.25, 0.3) is 0 Å². The normalized spacial score (nSPS) is 15.6. The number of aliphatic imine (C=N–C) groups is 1. The SMILES string of the molecule is CC(C)NC(=O)Nc1ccc(CN=C(N)N2CCCCC2)cc1. The lowest BCUT2D eigenvalue weighted by Crippen LogP contribution is -2.40. The van der Waals surface area contributed by atoms with Gasteiger partial charge in [-0.25, -0.2) is 9.79 Å². The molecule has 0 aliphatic carbocycles. The molecule has 0 saturated carbocycles. The van der Waals surface area contributed by atoms with Crippen molar-refractivity contribution in [2.45, 2.75) is 45.7 Å². The standard InChI is InChI=1S/C17H27N5O/c1-13(2)20-17(23)21-15-8-6-14(7-9-15)12-19-16(18)22-10-4-3-5-11-22/h6-9,13H,3-5,10-12H2,1-2H3,(H2,18,19)(H2,20,21,23). The molecule has 6 heteroatoms. The minimum absolute atomic E-state index is 0.112. The van der Waals surface area contributed by atoms with E-state index in [1.165, 1.54) is 19.3 Å². The first kappa shape index (κ1) is 17.1. The molecule has 1 aliphatic heterocycles. The molecule has 126 valence electrons. The van der Waals surface area contributed by atoms with Gasteiger partial charge in [-0.15, -0.1) is 0 Å². The molecular weight excluding hydrogens is 290 g/mol. The molecule has 1 aromatic carbocycles. The van der Waals surface area contributed by atoms with Crippen LogP contribution in [0.1, 0.15) is 38.7 Å². The predicted octanol–water partition coefficient (Wildman–Crippen LogP) is 2.52. The summed E-state index contributed by atoms with van der Waals surface area (Å²) < 4.78 is 0. The number of piperidine rings is 1. The zero-order chi connectivity index (χ0) is 16.7. The van der Waals surface area contributed by atoms with Crippen molar-refractivity contribution in [2.24, 2.45) is 10.7 Å². The fraction of sp³-hybridized carbons (Fsp3) is 0.529. The van der Waals surface area contributed by atoms with Gasteiger partial charge in [-0.05, 0) is 50.8 Å². The predicted molar refractivity (Wildman–Crippen MR) is 94.5 cm³/mol. The third-order valence-corrected chi connectivity index (χ3v) is 3.74. The van der Waals surface area contributed by atoms with Crippen LogP contribution in [0.4, 0.5) is 10.5 Å². The van der Waals surface area contributed by atoms with Crippen LogP contribution in [-0.2, 0) is 6.54 Å². The quantitative estimate of drug-likeness (QED) is 0.589. The molecule has 1 fully saturated rings. The van der Waals surface area contributed by atoms with Gasteiger partial charge in [-0.2, -0.15) is 0 Å². The molecular formula is C17H27N5O. The minimum atomic E-state index is -0.194. The zero-order valence-corrected chi connectivity index (χ0v) is 14.0. The Kier molecular flexibility index (Phi) is 6.26. The smallest absolute Gasteiger partial charge is 0.319 e. The van der Waals surface area contributed by atoms with Crippen molar-refractivity contribution in [3.05, 3.63) is 29.8 Å². The number of nitrogens with zero attached hydrogens (tertiary/aromatic N) is 2. The fourth-order valence-corrected chi connectivity index (χ4v) is 2.52. The Labute approximate surface area is 138 Å². The van der Waals surface area contributed by atoms with Gasteiger partial charge < -0.3 is 21.3 Å². The van der Waals surface area contributed by atoms with Gasteiger partial charge in [-0.3, -0.25) is 0 Å². The highest BCUT2D eigenvalue weighted by molar-refractivity contribution is 5.89. The van der Waals surface area contributed by atoms with E-state index in [2.05, 4.69) is 20.5 Å². The molecule has 0 atom stereocenters. The number of carbonyl (C=O) groups excluding carboxylic acids is 1. The highest BCUT2D eigenvalue weighted by atomic mass is 16.2. The Morgan fingerprint density at radius 2 is 1.87 bits per heavy atom. The van der Waals surface area contributed by atoms with Crippen molar-refractivity contribution in [3.63, 3.8) is 0 Å². The molecule has 2 amide bonds. The van der Waals surface area contributed by atoms with Crippen LogP contribution in [-0.4, -0.2) is 36.0 Å². The molecule has 0 bridgehead atoms. The van der Waals surface area contributed by atoms with Crippen molar-refractivity contribution in [3.8, 4) is 0 Å². The summed E-state index contributed by atoms with van der Waals surface area (Å²) in [6.07, 6.45) is 3.66. The lowest BCUT2D eigenvalue weighted by atomic mass is 10.1. The Morgan fingerprint density at radius 3 is 2.48 bits per heavy atom. The minimum Gasteiger partial charge on any atom is -0.370 e. The number of amides is 2. The molecule has 0 unspecified atom stereocenters. The number of hydrogen-bond donors (Lipinski definition) is 3. The van der Waals surface area contributed by atoms with Gasteiger partial charge >= 0.3 is 6.03 Å². The maximum atomic E-state index is 11.6. The van der Waals surface area contributed by atoms with E-state index in [4.69, 9.17) is 5.73 Å². The van der Waals surface area contributed by atoms with Gasteiger partial charge in [0.15, 0.2) is 5.96 Å². The fourth-order valence-electron chi connectivity index (χ4n) is 2.52. The summed E-state index contributed by atoms with van der Waals surface area (Å²) in [6.45, 7) is 6.41. The van der Waals surface area contributed by atoms with Crippen LogP contribution in [0, 0.1) is 0 Å². The number of benzene rings is 1. The number of anilines is 1. The number of carbonyl (C=O) groups is 1. The third-order valence-electron chi connectivity index (χ3n) is 3.74. The average Bonchev–Trinajstić information content (AvgIpc) is 2.54. The molecule has 0 spiro atoms. The maximum absolute atomic E-state index is 11.6. The zero-order valence-electron chi connectivity index (χ0n) is 14.0. The van der Waals surface area contributed by atoms with Gasteiger partial charge in [0.25, 0.3) is 0 Å². The monoisotopic (exact) mass is 317 g/mol. The second-order valence-corrected chi connectivity index (χ2v) is 6.17. The van der Waals surface area contributed by atoms with E-state index in [-0.39, 0.29) is 12.1 Å². The Balaban J connectivity index is 1.85. The number of rotatable bonds is 4. The third kappa shape index (κ3) is 5.81. The summed E-state index contributed by atoms with van der Waals surface area (Å²) in [5, 5.41) is 5.59. The Hall–Kier alpha value is -2.24. The van der Waals surface area contributed by atoms with E-state index in [1.807, 2.05) is 38.1 Å². The van der Waals surface area contributed by atoms with Gasteiger partial charge in [0.1, 0.15) is 0 Å². The topological polar surface area (TPSA) is 82.8 Å². The average molecular weight is 317 g/mol. The van der Waals surface area contributed by atoms with Crippen molar-refractivity contribution in [2.75, 3.05) is 18.4 Å². The lowest BCUT2D eigenvalue weighted by molar-refractivity contribution is 0.250. The molecule has 0 radical (unpaired) electrons. The van der Waals surface area contributed by atoms with Crippen LogP contribution < -0.4 is 16.4 Å². The summed E-state index contributed by atoms with van der Waals surface area (Å²) in [5.74, 6) is 0.628. The van der Waals surface area contributed by atoms with Gasteiger partial charge in [0.05, 0.1) is 6.54 Å². The second kappa shape index (κ2) is 8.41. The largest absolute Gasteiger partial charge is 0.370 e. The van der Waals surface area contributed by atoms with E-state index >= 15 is 0 Å². The molecule has 2 rings (SSSR count). The first-order valence-electron chi connectivity index (χ1n) is 8.26. The van der Waals surface area contributed by atoms with Crippen LogP contribution in [0.3, 0.4) is 0 Å². The van der Waals surface area contributed by atoms with E-state index in [0.717, 1.165) is 24.3 Å². The van der Waals surface area contributed by atoms with Gasteiger partial charge in [0, 0.05) is 24.8 Å².